The minimum atomic E-state index is 0.0741. The highest BCUT2D eigenvalue weighted by Gasteiger charge is 2.22. The maximum atomic E-state index is 12.2. The first kappa shape index (κ1) is 14.1. The summed E-state index contributed by atoms with van der Waals surface area (Å²) in [4.78, 5) is 12.2. The molecule has 0 atom stereocenters. The molecule has 0 unspecified atom stereocenters. The van der Waals surface area contributed by atoms with Gasteiger partial charge in [-0.25, -0.2) is 0 Å². The first-order chi connectivity index (χ1) is 9.20. The number of carbonyl (C=O) groups excluding carboxylic acids is 1. The molecule has 2 rings (SSSR count). The fraction of sp³-hybridized carbons (Fsp3) is 0.562. The van der Waals surface area contributed by atoms with Gasteiger partial charge in [-0.2, -0.15) is 0 Å². The van der Waals surface area contributed by atoms with E-state index >= 15 is 0 Å². The van der Waals surface area contributed by atoms with Crippen LogP contribution in [0.5, 0.6) is 0 Å². The number of benzene rings is 1. The second-order valence-corrected chi connectivity index (χ2v) is 5.39. The molecule has 1 aromatic carbocycles. The lowest BCUT2D eigenvalue weighted by Crippen LogP contribution is -2.42. The van der Waals surface area contributed by atoms with Crippen molar-refractivity contribution in [3.05, 3.63) is 35.4 Å². The van der Waals surface area contributed by atoms with Gasteiger partial charge in [-0.05, 0) is 50.8 Å². The number of nitrogens with one attached hydrogen (secondary N) is 2. The highest BCUT2D eigenvalue weighted by Crippen LogP contribution is 2.19. The average Bonchev–Trinajstić information content (AvgIpc) is 2.42. The molecule has 1 aliphatic carbocycles. The van der Waals surface area contributed by atoms with E-state index in [0.29, 0.717) is 12.1 Å². The smallest absolute Gasteiger partial charge is 0.251 e. The Bertz CT molecular complexity index is 423. The van der Waals surface area contributed by atoms with Crippen LogP contribution in [0.15, 0.2) is 24.3 Å². The third kappa shape index (κ3) is 3.80. The fourth-order valence-electron chi connectivity index (χ4n) is 2.82. The van der Waals surface area contributed by atoms with E-state index in [1.807, 2.05) is 31.2 Å². The monoisotopic (exact) mass is 260 g/mol. The van der Waals surface area contributed by atoms with E-state index in [2.05, 4.69) is 17.6 Å². The number of carbonyl (C=O) groups is 1. The van der Waals surface area contributed by atoms with Crippen LogP contribution in [-0.4, -0.2) is 24.5 Å². The summed E-state index contributed by atoms with van der Waals surface area (Å²) >= 11 is 0. The third-order valence-electron chi connectivity index (χ3n) is 3.94. The summed E-state index contributed by atoms with van der Waals surface area (Å²) in [5, 5.41) is 6.66. The molecule has 2 N–H and O–H groups in total. The molecule has 1 fully saturated rings. The molecule has 0 saturated heterocycles. The van der Waals surface area contributed by atoms with Gasteiger partial charge in [0, 0.05) is 17.6 Å². The van der Waals surface area contributed by atoms with Crippen molar-refractivity contribution in [1.29, 1.82) is 0 Å². The van der Waals surface area contributed by atoms with Crippen LogP contribution < -0.4 is 10.6 Å². The van der Waals surface area contributed by atoms with E-state index in [4.69, 9.17) is 0 Å². The molecule has 0 aliphatic heterocycles. The van der Waals surface area contributed by atoms with E-state index < -0.39 is 0 Å². The van der Waals surface area contributed by atoms with Gasteiger partial charge >= 0.3 is 0 Å². The zero-order valence-electron chi connectivity index (χ0n) is 11.9. The van der Waals surface area contributed by atoms with Gasteiger partial charge in [0.2, 0.25) is 0 Å². The second-order valence-electron chi connectivity index (χ2n) is 5.39. The van der Waals surface area contributed by atoms with Crippen LogP contribution in [0.3, 0.4) is 0 Å². The van der Waals surface area contributed by atoms with Crippen LogP contribution >= 0.6 is 0 Å². The van der Waals surface area contributed by atoms with E-state index in [1.54, 1.807) is 0 Å². The lowest BCUT2D eigenvalue weighted by atomic mass is 9.91. The van der Waals surface area contributed by atoms with Gasteiger partial charge in [-0.3, -0.25) is 4.79 Å². The first-order valence-electron chi connectivity index (χ1n) is 7.30. The van der Waals surface area contributed by atoms with Gasteiger partial charge in [0.25, 0.3) is 5.91 Å². The highest BCUT2D eigenvalue weighted by atomic mass is 16.1. The van der Waals surface area contributed by atoms with Gasteiger partial charge in [0.15, 0.2) is 0 Å². The van der Waals surface area contributed by atoms with Crippen LogP contribution in [0.4, 0.5) is 0 Å². The van der Waals surface area contributed by atoms with Crippen LogP contribution in [0, 0.1) is 6.92 Å². The Morgan fingerprint density at radius 2 is 1.79 bits per heavy atom. The fourth-order valence-corrected chi connectivity index (χ4v) is 2.82. The largest absolute Gasteiger partial charge is 0.349 e. The minimum absolute atomic E-state index is 0.0741. The van der Waals surface area contributed by atoms with Gasteiger partial charge < -0.3 is 10.6 Å². The maximum absolute atomic E-state index is 12.2. The molecular weight excluding hydrogens is 236 g/mol. The zero-order valence-corrected chi connectivity index (χ0v) is 11.9. The summed E-state index contributed by atoms with van der Waals surface area (Å²) in [6.45, 7) is 5.16. The molecule has 3 heteroatoms. The molecular formula is C16H24N2O. The van der Waals surface area contributed by atoms with E-state index in [1.165, 1.54) is 0 Å². The molecule has 19 heavy (non-hydrogen) atoms. The van der Waals surface area contributed by atoms with Crippen molar-refractivity contribution in [3.8, 4) is 0 Å². The number of rotatable bonds is 4. The predicted octanol–water partition coefficient (Wildman–Crippen LogP) is 2.65. The predicted molar refractivity (Wildman–Crippen MR) is 78.4 cm³/mol. The van der Waals surface area contributed by atoms with Crippen molar-refractivity contribution in [2.75, 3.05) is 6.54 Å². The molecule has 1 aliphatic rings. The van der Waals surface area contributed by atoms with Crippen LogP contribution in [0.1, 0.15) is 48.5 Å². The molecule has 0 radical (unpaired) electrons. The van der Waals surface area contributed by atoms with Crippen molar-refractivity contribution in [2.45, 2.75) is 51.6 Å². The number of aryl methyl sites for hydroxylation is 1. The van der Waals surface area contributed by atoms with E-state index in [9.17, 15) is 4.79 Å². The second kappa shape index (κ2) is 6.71. The Kier molecular flexibility index (Phi) is 4.97. The Morgan fingerprint density at radius 1 is 1.16 bits per heavy atom. The third-order valence-corrected chi connectivity index (χ3v) is 3.94. The summed E-state index contributed by atoms with van der Waals surface area (Å²) < 4.78 is 0. The van der Waals surface area contributed by atoms with Crippen LogP contribution in [-0.2, 0) is 0 Å². The standard InChI is InChI=1S/C16H24N2O/c1-3-17-13-8-10-14(11-9-13)18-16(19)15-7-5-4-6-12(15)2/h4-7,13-14,17H,3,8-11H2,1-2H3,(H,18,19). The molecule has 0 aromatic heterocycles. The summed E-state index contributed by atoms with van der Waals surface area (Å²) in [5.41, 5.74) is 1.85. The number of hydrogen-bond acceptors (Lipinski definition) is 2. The molecule has 1 aromatic rings. The summed E-state index contributed by atoms with van der Waals surface area (Å²) in [5.74, 6) is 0.0741. The minimum Gasteiger partial charge on any atom is -0.349 e. The lowest BCUT2D eigenvalue weighted by Gasteiger charge is -2.29. The Balaban J connectivity index is 1.86. The quantitative estimate of drug-likeness (QED) is 0.874. The number of amides is 1. The SMILES string of the molecule is CCNC1CCC(NC(=O)c2ccccc2C)CC1. The van der Waals surface area contributed by atoms with E-state index in [-0.39, 0.29) is 5.91 Å². The van der Waals surface area contributed by atoms with Crippen molar-refractivity contribution < 1.29 is 4.79 Å². The van der Waals surface area contributed by atoms with Gasteiger partial charge in [-0.15, -0.1) is 0 Å². The summed E-state index contributed by atoms with van der Waals surface area (Å²) in [6, 6.07) is 8.74. The normalized spacial score (nSPS) is 23.1. The first-order valence-corrected chi connectivity index (χ1v) is 7.30. The maximum Gasteiger partial charge on any atom is 0.251 e. The van der Waals surface area contributed by atoms with Crippen molar-refractivity contribution >= 4 is 5.91 Å². The number of hydrogen-bond donors (Lipinski definition) is 2. The van der Waals surface area contributed by atoms with Crippen LogP contribution in [0.2, 0.25) is 0 Å². The van der Waals surface area contributed by atoms with Crippen LogP contribution in [0.25, 0.3) is 0 Å². The topological polar surface area (TPSA) is 41.1 Å². The van der Waals surface area contributed by atoms with Gasteiger partial charge in [0.1, 0.15) is 0 Å². The van der Waals surface area contributed by atoms with Crippen molar-refractivity contribution in [3.63, 3.8) is 0 Å². The molecule has 3 nitrogen and oxygen atoms in total. The highest BCUT2D eigenvalue weighted by molar-refractivity contribution is 5.95. The molecule has 0 heterocycles. The zero-order chi connectivity index (χ0) is 13.7. The van der Waals surface area contributed by atoms with Crippen molar-refractivity contribution in [1.82, 2.24) is 10.6 Å². The molecule has 1 amide bonds. The molecule has 104 valence electrons. The Morgan fingerprint density at radius 3 is 2.42 bits per heavy atom. The summed E-state index contributed by atoms with van der Waals surface area (Å²) in [7, 11) is 0. The molecule has 1 saturated carbocycles. The Hall–Kier alpha value is -1.35. The molecule has 0 spiro atoms. The Labute approximate surface area is 115 Å². The molecule has 0 bridgehead atoms. The van der Waals surface area contributed by atoms with Crippen molar-refractivity contribution in [2.24, 2.45) is 0 Å². The summed E-state index contributed by atoms with van der Waals surface area (Å²) in [6.07, 6.45) is 4.48. The average molecular weight is 260 g/mol. The van der Waals surface area contributed by atoms with E-state index in [0.717, 1.165) is 43.4 Å². The lowest BCUT2D eigenvalue weighted by molar-refractivity contribution is 0.0923. The van der Waals surface area contributed by atoms with Gasteiger partial charge in [-0.1, -0.05) is 25.1 Å². The van der Waals surface area contributed by atoms with Gasteiger partial charge in [0.05, 0.1) is 0 Å².